The van der Waals surface area contributed by atoms with Gasteiger partial charge in [0.15, 0.2) is 0 Å². The molecule has 2 rings (SSSR count). The minimum atomic E-state index is 0.0647. The van der Waals surface area contributed by atoms with E-state index in [0.29, 0.717) is 6.04 Å². The Kier molecular flexibility index (Phi) is 3.10. The highest BCUT2D eigenvalue weighted by Gasteiger charge is 2.30. The van der Waals surface area contributed by atoms with Crippen molar-refractivity contribution in [1.29, 1.82) is 0 Å². The number of carbonyl (C=O) groups is 1. The molecule has 0 N–H and O–H groups in total. The maximum Gasteiger partial charge on any atom is 0.147 e. The molecule has 86 valence electrons. The Hall–Kier alpha value is -1.15. The molecule has 0 aliphatic carbocycles. The topological polar surface area (TPSA) is 20.3 Å². The second kappa shape index (κ2) is 4.38. The number of hydrogen-bond donors (Lipinski definition) is 0. The highest BCUT2D eigenvalue weighted by molar-refractivity contribution is 5.82. The van der Waals surface area contributed by atoms with Crippen LogP contribution in [0.2, 0.25) is 0 Å². The molecule has 0 saturated heterocycles. The Balaban J connectivity index is 2.33. The average molecular weight is 217 g/mol. The lowest BCUT2D eigenvalue weighted by Gasteiger charge is -2.38. The first-order chi connectivity index (χ1) is 7.59. The maximum absolute atomic E-state index is 11.7. The lowest BCUT2D eigenvalue weighted by atomic mass is 9.91. The van der Waals surface area contributed by atoms with Crippen LogP contribution in [0.15, 0.2) is 24.3 Å². The number of benzene rings is 1. The van der Waals surface area contributed by atoms with Crippen molar-refractivity contribution in [2.24, 2.45) is 0 Å². The van der Waals surface area contributed by atoms with Crippen LogP contribution >= 0.6 is 0 Å². The first-order valence-corrected chi connectivity index (χ1v) is 5.92. The summed E-state index contributed by atoms with van der Waals surface area (Å²) in [5.41, 5.74) is 2.70. The fourth-order valence-electron chi connectivity index (χ4n) is 2.46. The van der Waals surface area contributed by atoms with E-state index in [2.05, 4.69) is 43.0 Å². The molecule has 1 heterocycles. The van der Waals surface area contributed by atoms with E-state index in [1.807, 2.05) is 0 Å². The zero-order chi connectivity index (χ0) is 11.7. The van der Waals surface area contributed by atoms with Gasteiger partial charge in [-0.25, -0.2) is 0 Å². The molecule has 2 heteroatoms. The molecule has 0 bridgehead atoms. The van der Waals surface area contributed by atoms with Crippen molar-refractivity contribution < 1.29 is 4.79 Å². The number of hydrogen-bond acceptors (Lipinski definition) is 2. The molecule has 0 saturated carbocycles. The minimum absolute atomic E-state index is 0.0647. The van der Waals surface area contributed by atoms with Gasteiger partial charge < -0.3 is 0 Å². The summed E-state index contributed by atoms with van der Waals surface area (Å²) in [5.74, 6) is 0.281. The molecule has 0 radical (unpaired) electrons. The van der Waals surface area contributed by atoms with Crippen LogP contribution in [-0.4, -0.2) is 22.8 Å². The lowest BCUT2D eigenvalue weighted by Crippen LogP contribution is -2.48. The summed E-state index contributed by atoms with van der Waals surface area (Å²) < 4.78 is 0. The van der Waals surface area contributed by atoms with Crippen molar-refractivity contribution >= 4 is 5.78 Å². The van der Waals surface area contributed by atoms with Crippen LogP contribution in [-0.2, 0) is 17.8 Å². The molecule has 0 amide bonds. The van der Waals surface area contributed by atoms with Gasteiger partial charge in [-0.05, 0) is 38.3 Å². The first kappa shape index (κ1) is 11.3. The quantitative estimate of drug-likeness (QED) is 0.758. The molecule has 1 aromatic carbocycles. The summed E-state index contributed by atoms with van der Waals surface area (Å²) in [6, 6.07) is 8.92. The Labute approximate surface area is 97.3 Å². The van der Waals surface area contributed by atoms with Gasteiger partial charge in [-0.1, -0.05) is 24.3 Å². The van der Waals surface area contributed by atoms with Crippen LogP contribution < -0.4 is 0 Å². The van der Waals surface area contributed by atoms with Crippen molar-refractivity contribution in [2.75, 3.05) is 0 Å². The summed E-state index contributed by atoms with van der Waals surface area (Å²) in [6.07, 6.45) is 0.865. The number of Topliss-reactive ketones (excluding diaryl/α,β-unsaturated/α-hetero) is 1. The molecule has 2 nitrogen and oxygen atoms in total. The van der Waals surface area contributed by atoms with E-state index in [4.69, 9.17) is 0 Å². The Bertz CT molecular complexity index is 397. The third-order valence-corrected chi connectivity index (χ3v) is 3.42. The van der Waals surface area contributed by atoms with E-state index in [1.165, 1.54) is 11.1 Å². The van der Waals surface area contributed by atoms with Crippen LogP contribution in [0.5, 0.6) is 0 Å². The molecule has 16 heavy (non-hydrogen) atoms. The second-order valence-corrected chi connectivity index (χ2v) is 4.87. The zero-order valence-corrected chi connectivity index (χ0v) is 10.2. The van der Waals surface area contributed by atoms with Crippen LogP contribution in [0.4, 0.5) is 0 Å². The summed E-state index contributed by atoms with van der Waals surface area (Å²) in [4.78, 5) is 14.0. The van der Waals surface area contributed by atoms with Gasteiger partial charge in [-0.3, -0.25) is 9.69 Å². The third-order valence-electron chi connectivity index (χ3n) is 3.42. The van der Waals surface area contributed by atoms with Crippen LogP contribution in [0.3, 0.4) is 0 Å². The summed E-state index contributed by atoms with van der Waals surface area (Å²) in [5, 5.41) is 0. The average Bonchev–Trinajstić information content (AvgIpc) is 2.27. The molecule has 1 aromatic rings. The van der Waals surface area contributed by atoms with Crippen LogP contribution in [0, 0.1) is 0 Å². The van der Waals surface area contributed by atoms with Gasteiger partial charge in [0.1, 0.15) is 5.78 Å². The molecule has 1 unspecified atom stereocenters. The summed E-state index contributed by atoms with van der Waals surface area (Å²) >= 11 is 0. The number of fused-ring (bicyclic) bond motifs is 1. The lowest BCUT2D eigenvalue weighted by molar-refractivity contribution is -0.123. The summed E-state index contributed by atoms with van der Waals surface area (Å²) in [6.45, 7) is 6.92. The highest BCUT2D eigenvalue weighted by atomic mass is 16.1. The van der Waals surface area contributed by atoms with Gasteiger partial charge in [-0.15, -0.1) is 0 Å². The predicted octanol–water partition coefficient (Wildman–Crippen LogP) is 2.41. The largest absolute Gasteiger partial charge is 0.298 e. The molecule has 0 spiro atoms. The van der Waals surface area contributed by atoms with Gasteiger partial charge in [-0.2, -0.15) is 0 Å². The van der Waals surface area contributed by atoms with Crippen LogP contribution in [0.25, 0.3) is 0 Å². The Morgan fingerprint density at radius 2 is 1.94 bits per heavy atom. The van der Waals surface area contributed by atoms with Gasteiger partial charge in [0.2, 0.25) is 0 Å². The fourth-order valence-corrected chi connectivity index (χ4v) is 2.46. The maximum atomic E-state index is 11.7. The molecule has 0 aromatic heterocycles. The molecular weight excluding hydrogens is 198 g/mol. The monoisotopic (exact) mass is 217 g/mol. The van der Waals surface area contributed by atoms with Gasteiger partial charge in [0.05, 0.1) is 6.04 Å². The van der Waals surface area contributed by atoms with Gasteiger partial charge >= 0.3 is 0 Å². The number of rotatable bonds is 2. The van der Waals surface area contributed by atoms with Gasteiger partial charge in [0, 0.05) is 12.6 Å². The molecular formula is C14H19NO. The summed E-state index contributed by atoms with van der Waals surface area (Å²) in [7, 11) is 0. The first-order valence-electron chi connectivity index (χ1n) is 5.92. The van der Waals surface area contributed by atoms with E-state index in [1.54, 1.807) is 6.92 Å². The van der Waals surface area contributed by atoms with Crippen LogP contribution in [0.1, 0.15) is 31.9 Å². The van der Waals surface area contributed by atoms with Crippen molar-refractivity contribution in [3.63, 3.8) is 0 Å². The number of nitrogens with zero attached hydrogens (tertiary/aromatic N) is 1. The minimum Gasteiger partial charge on any atom is -0.298 e. The smallest absolute Gasteiger partial charge is 0.147 e. The van der Waals surface area contributed by atoms with Gasteiger partial charge in [0.25, 0.3) is 0 Å². The SMILES string of the molecule is CC(=O)C1Cc2ccccc2CN1C(C)C. The van der Waals surface area contributed by atoms with Crippen molar-refractivity contribution in [3.8, 4) is 0 Å². The number of ketones is 1. The van der Waals surface area contributed by atoms with E-state index in [0.717, 1.165) is 13.0 Å². The molecule has 1 aliphatic heterocycles. The Morgan fingerprint density at radius 1 is 1.31 bits per heavy atom. The highest BCUT2D eigenvalue weighted by Crippen LogP contribution is 2.25. The normalized spacial score (nSPS) is 20.9. The molecule has 1 aliphatic rings. The zero-order valence-electron chi connectivity index (χ0n) is 10.2. The van der Waals surface area contributed by atoms with Crippen molar-refractivity contribution in [3.05, 3.63) is 35.4 Å². The number of carbonyl (C=O) groups excluding carboxylic acids is 1. The van der Waals surface area contributed by atoms with Crippen molar-refractivity contribution in [2.45, 2.75) is 45.8 Å². The third kappa shape index (κ3) is 2.03. The fraction of sp³-hybridized carbons (Fsp3) is 0.500. The van der Waals surface area contributed by atoms with E-state index >= 15 is 0 Å². The van der Waals surface area contributed by atoms with E-state index < -0.39 is 0 Å². The van der Waals surface area contributed by atoms with Crippen molar-refractivity contribution in [1.82, 2.24) is 4.90 Å². The second-order valence-electron chi connectivity index (χ2n) is 4.87. The Morgan fingerprint density at radius 3 is 2.50 bits per heavy atom. The molecule has 0 fully saturated rings. The predicted molar refractivity (Wildman–Crippen MR) is 65.3 cm³/mol. The molecule has 1 atom stereocenters. The standard InChI is InChI=1S/C14H19NO/c1-10(2)15-9-13-7-5-4-6-12(13)8-14(15)11(3)16/h4-7,10,14H,8-9H2,1-3H3. The van der Waals surface area contributed by atoms with E-state index in [-0.39, 0.29) is 11.8 Å². The van der Waals surface area contributed by atoms with E-state index in [9.17, 15) is 4.79 Å².